The Morgan fingerprint density at radius 1 is 1.10 bits per heavy atom. The summed E-state index contributed by atoms with van der Waals surface area (Å²) in [4.78, 5) is 26.2. The Morgan fingerprint density at radius 3 is 2.52 bits per heavy atom. The van der Waals surface area contributed by atoms with Gasteiger partial charge in [-0.1, -0.05) is 37.3 Å². The van der Waals surface area contributed by atoms with E-state index in [1.165, 1.54) is 0 Å². The van der Waals surface area contributed by atoms with Crippen LogP contribution in [0.15, 0.2) is 36.4 Å². The molecule has 29 heavy (non-hydrogen) atoms. The summed E-state index contributed by atoms with van der Waals surface area (Å²) in [6.07, 6.45) is 4.31. The van der Waals surface area contributed by atoms with Gasteiger partial charge in [-0.25, -0.2) is 9.97 Å². The topological polar surface area (TPSA) is 67.2 Å². The molecule has 0 unspecified atom stereocenters. The summed E-state index contributed by atoms with van der Waals surface area (Å²) >= 11 is 0. The lowest BCUT2D eigenvalue weighted by Gasteiger charge is -2.35. The summed E-state index contributed by atoms with van der Waals surface area (Å²) < 4.78 is 1.86. The standard InChI is InChI=1S/C22H26N6O/c1-4-18-23-20-16(2)25-26(3)21(20)22(24-18)28-14-12-27(13-15-28)19(29)11-10-17-8-6-5-7-9-17/h5-11H,4,12-15H2,1-3H3. The number of fused-ring (bicyclic) bond motifs is 1. The van der Waals surface area contributed by atoms with E-state index in [4.69, 9.17) is 4.98 Å². The van der Waals surface area contributed by atoms with Gasteiger partial charge in [-0.15, -0.1) is 0 Å². The Morgan fingerprint density at radius 2 is 1.83 bits per heavy atom. The second-order valence-corrected chi connectivity index (χ2v) is 7.28. The molecule has 3 heterocycles. The number of anilines is 1. The fraction of sp³-hybridized carbons (Fsp3) is 0.364. The first-order chi connectivity index (χ1) is 14.1. The third-order valence-electron chi connectivity index (χ3n) is 5.30. The monoisotopic (exact) mass is 390 g/mol. The second-order valence-electron chi connectivity index (χ2n) is 7.28. The molecule has 0 saturated carbocycles. The van der Waals surface area contributed by atoms with Crippen LogP contribution in [0, 0.1) is 6.92 Å². The second kappa shape index (κ2) is 8.03. The maximum absolute atomic E-state index is 12.6. The number of rotatable bonds is 4. The molecule has 0 bridgehead atoms. The van der Waals surface area contributed by atoms with Gasteiger partial charge in [0.05, 0.1) is 5.69 Å². The van der Waals surface area contributed by atoms with Crippen molar-refractivity contribution in [3.8, 4) is 0 Å². The molecule has 0 radical (unpaired) electrons. The van der Waals surface area contributed by atoms with E-state index >= 15 is 0 Å². The first-order valence-corrected chi connectivity index (χ1v) is 10.0. The molecule has 0 spiro atoms. The van der Waals surface area contributed by atoms with E-state index < -0.39 is 0 Å². The Bertz CT molecular complexity index is 1050. The molecule has 1 fully saturated rings. The number of hydrogen-bond donors (Lipinski definition) is 0. The maximum atomic E-state index is 12.6. The van der Waals surface area contributed by atoms with Crippen LogP contribution in [0.2, 0.25) is 0 Å². The number of carbonyl (C=O) groups is 1. The molecule has 0 aliphatic carbocycles. The molecule has 1 saturated heterocycles. The number of carbonyl (C=O) groups excluding carboxylic acids is 1. The van der Waals surface area contributed by atoms with Gasteiger partial charge >= 0.3 is 0 Å². The minimum absolute atomic E-state index is 0.0481. The fourth-order valence-electron chi connectivity index (χ4n) is 3.72. The third-order valence-corrected chi connectivity index (χ3v) is 5.30. The van der Waals surface area contributed by atoms with E-state index in [9.17, 15) is 4.79 Å². The summed E-state index contributed by atoms with van der Waals surface area (Å²) in [6, 6.07) is 9.88. The largest absolute Gasteiger partial charge is 0.351 e. The van der Waals surface area contributed by atoms with Gasteiger partial charge in [0.1, 0.15) is 16.9 Å². The Labute approximate surface area is 170 Å². The molecule has 0 N–H and O–H groups in total. The number of piperazine rings is 1. The molecule has 1 aliphatic heterocycles. The zero-order valence-electron chi connectivity index (χ0n) is 17.2. The number of hydrogen-bond acceptors (Lipinski definition) is 5. The van der Waals surface area contributed by atoms with Crippen LogP contribution in [0.5, 0.6) is 0 Å². The fourth-order valence-corrected chi connectivity index (χ4v) is 3.72. The number of aromatic nitrogens is 4. The van der Waals surface area contributed by atoms with Crippen molar-refractivity contribution in [3.63, 3.8) is 0 Å². The minimum Gasteiger partial charge on any atom is -0.351 e. The first-order valence-electron chi connectivity index (χ1n) is 10.0. The van der Waals surface area contributed by atoms with Gasteiger partial charge in [0.2, 0.25) is 5.91 Å². The molecule has 3 aromatic rings. The molecule has 2 aromatic heterocycles. The van der Waals surface area contributed by atoms with Gasteiger partial charge in [0.25, 0.3) is 0 Å². The highest BCUT2D eigenvalue weighted by Crippen LogP contribution is 2.26. The SMILES string of the molecule is CCc1nc(N2CCN(C(=O)C=Cc3ccccc3)CC2)c2c(n1)c(C)nn2C. The van der Waals surface area contributed by atoms with Gasteiger partial charge in [0.15, 0.2) is 5.82 Å². The van der Waals surface area contributed by atoms with Gasteiger partial charge < -0.3 is 9.80 Å². The van der Waals surface area contributed by atoms with Gasteiger partial charge in [-0.05, 0) is 18.6 Å². The summed E-state index contributed by atoms with van der Waals surface area (Å²) in [5.41, 5.74) is 3.82. The van der Waals surface area contributed by atoms with Crippen molar-refractivity contribution in [1.29, 1.82) is 0 Å². The van der Waals surface area contributed by atoms with Crippen molar-refractivity contribution in [3.05, 3.63) is 53.5 Å². The maximum Gasteiger partial charge on any atom is 0.246 e. The molecule has 1 amide bonds. The Hall–Kier alpha value is -3.22. The lowest BCUT2D eigenvalue weighted by atomic mass is 10.2. The minimum atomic E-state index is 0.0481. The van der Waals surface area contributed by atoms with Crippen LogP contribution in [-0.2, 0) is 18.3 Å². The molecule has 7 heteroatoms. The van der Waals surface area contributed by atoms with Crippen molar-refractivity contribution in [2.45, 2.75) is 20.3 Å². The molecular weight excluding hydrogens is 364 g/mol. The lowest BCUT2D eigenvalue weighted by Crippen LogP contribution is -2.48. The number of amides is 1. The average Bonchev–Trinajstić information content (AvgIpc) is 3.05. The number of benzene rings is 1. The van der Waals surface area contributed by atoms with E-state index in [2.05, 4.69) is 21.9 Å². The first kappa shape index (κ1) is 19.1. The van der Waals surface area contributed by atoms with E-state index in [0.29, 0.717) is 13.1 Å². The van der Waals surface area contributed by atoms with Crippen LogP contribution in [0.25, 0.3) is 17.1 Å². The van der Waals surface area contributed by atoms with Crippen LogP contribution >= 0.6 is 0 Å². The smallest absolute Gasteiger partial charge is 0.246 e. The van der Waals surface area contributed by atoms with Crippen molar-refractivity contribution >= 4 is 28.8 Å². The van der Waals surface area contributed by atoms with Crippen LogP contribution in [0.4, 0.5) is 5.82 Å². The van der Waals surface area contributed by atoms with Crippen LogP contribution in [0.3, 0.4) is 0 Å². The zero-order chi connectivity index (χ0) is 20.4. The van der Waals surface area contributed by atoms with Crippen molar-refractivity contribution in [2.24, 2.45) is 7.05 Å². The van der Waals surface area contributed by atoms with Crippen LogP contribution in [0.1, 0.15) is 24.0 Å². The van der Waals surface area contributed by atoms with Gasteiger partial charge in [0, 0.05) is 45.7 Å². The van der Waals surface area contributed by atoms with E-state index in [0.717, 1.165) is 53.4 Å². The van der Waals surface area contributed by atoms with Gasteiger partial charge in [-0.3, -0.25) is 9.48 Å². The predicted molar refractivity (Wildman–Crippen MR) is 115 cm³/mol. The van der Waals surface area contributed by atoms with Gasteiger partial charge in [-0.2, -0.15) is 5.10 Å². The van der Waals surface area contributed by atoms with E-state index in [-0.39, 0.29) is 5.91 Å². The Kier molecular flexibility index (Phi) is 5.29. The number of nitrogens with zero attached hydrogens (tertiary/aromatic N) is 6. The summed E-state index contributed by atoms with van der Waals surface area (Å²) in [5.74, 6) is 1.79. The predicted octanol–water partition coefficient (Wildman–Crippen LogP) is 2.60. The zero-order valence-corrected chi connectivity index (χ0v) is 17.2. The third kappa shape index (κ3) is 3.85. The van der Waals surface area contributed by atoms with E-state index in [1.807, 2.05) is 60.0 Å². The molecule has 7 nitrogen and oxygen atoms in total. The van der Waals surface area contributed by atoms with Crippen molar-refractivity contribution < 1.29 is 4.79 Å². The molecule has 150 valence electrons. The highest BCUT2D eigenvalue weighted by molar-refractivity contribution is 5.92. The Balaban J connectivity index is 1.50. The quantitative estimate of drug-likeness (QED) is 0.641. The molecule has 4 rings (SSSR count). The average molecular weight is 390 g/mol. The normalized spacial score (nSPS) is 14.9. The highest BCUT2D eigenvalue weighted by atomic mass is 16.2. The summed E-state index contributed by atoms with van der Waals surface area (Å²) in [5, 5.41) is 4.53. The lowest BCUT2D eigenvalue weighted by molar-refractivity contribution is -0.126. The molecule has 1 aromatic carbocycles. The van der Waals surface area contributed by atoms with Crippen molar-refractivity contribution in [1.82, 2.24) is 24.6 Å². The molecule has 1 aliphatic rings. The molecule has 0 atom stereocenters. The van der Waals surface area contributed by atoms with Crippen LogP contribution < -0.4 is 4.90 Å². The summed E-state index contributed by atoms with van der Waals surface area (Å²) in [6.45, 7) is 6.86. The van der Waals surface area contributed by atoms with Crippen LogP contribution in [-0.4, -0.2) is 56.7 Å². The van der Waals surface area contributed by atoms with Crippen molar-refractivity contribution in [2.75, 3.05) is 31.1 Å². The highest BCUT2D eigenvalue weighted by Gasteiger charge is 2.24. The summed E-state index contributed by atoms with van der Waals surface area (Å²) in [7, 11) is 1.93. The van der Waals surface area contributed by atoms with E-state index in [1.54, 1.807) is 6.08 Å². The molecular formula is C22H26N6O. The number of aryl methyl sites for hydroxylation is 3.